The van der Waals surface area contributed by atoms with Crippen molar-refractivity contribution in [1.82, 2.24) is 15.0 Å². The molecule has 2 unspecified atom stereocenters. The maximum absolute atomic E-state index is 12.8. The highest BCUT2D eigenvalue weighted by atomic mass is 19.4. The first kappa shape index (κ1) is 22.6. The molecule has 174 valence electrons. The average Bonchev–Trinajstić information content (AvgIpc) is 3.44. The molecule has 0 aliphatic carbocycles. The van der Waals surface area contributed by atoms with Crippen molar-refractivity contribution in [2.45, 2.75) is 31.5 Å². The highest BCUT2D eigenvalue weighted by molar-refractivity contribution is 5.80. The lowest BCUT2D eigenvalue weighted by Gasteiger charge is -2.25. The smallest absolute Gasteiger partial charge is 0.416 e. The van der Waals surface area contributed by atoms with Crippen molar-refractivity contribution in [3.8, 4) is 22.9 Å². The van der Waals surface area contributed by atoms with Gasteiger partial charge in [-0.2, -0.15) is 18.2 Å². The zero-order valence-electron chi connectivity index (χ0n) is 18.2. The summed E-state index contributed by atoms with van der Waals surface area (Å²) in [6.07, 6.45) is -4.22. The van der Waals surface area contributed by atoms with Gasteiger partial charge in [-0.3, -0.25) is 4.79 Å². The Morgan fingerprint density at radius 1 is 1.09 bits per heavy atom. The number of carbonyl (C=O) groups excluding carboxylic acids is 1. The Bertz CT molecular complexity index is 1140. The fraction of sp³-hybridized carbons (Fsp3) is 0.348. The molecule has 0 bridgehead atoms. The van der Waals surface area contributed by atoms with Crippen LogP contribution in [0, 0.1) is 0 Å². The third-order valence-corrected chi connectivity index (χ3v) is 5.78. The number of aromatic nitrogens is 2. The minimum Gasteiger partial charge on any atom is -0.493 e. The van der Waals surface area contributed by atoms with E-state index in [4.69, 9.17) is 14.0 Å². The number of methoxy groups -OCH3 is 2. The van der Waals surface area contributed by atoms with Crippen molar-refractivity contribution >= 4 is 5.91 Å². The Morgan fingerprint density at radius 2 is 1.79 bits per heavy atom. The summed E-state index contributed by atoms with van der Waals surface area (Å²) in [6, 6.07) is 9.80. The number of amides is 1. The molecule has 1 aromatic heterocycles. The monoisotopic (exact) mass is 461 g/mol. The molecule has 3 aromatic rings. The van der Waals surface area contributed by atoms with Crippen molar-refractivity contribution in [2.75, 3.05) is 20.8 Å². The van der Waals surface area contributed by atoms with Crippen molar-refractivity contribution < 1.29 is 32.0 Å². The van der Waals surface area contributed by atoms with Crippen molar-refractivity contribution in [3.05, 3.63) is 59.5 Å². The van der Waals surface area contributed by atoms with Crippen LogP contribution in [0.4, 0.5) is 13.2 Å². The van der Waals surface area contributed by atoms with Gasteiger partial charge < -0.3 is 18.9 Å². The van der Waals surface area contributed by atoms with Gasteiger partial charge in [0.15, 0.2) is 11.5 Å². The summed E-state index contributed by atoms with van der Waals surface area (Å²) in [5.41, 5.74) is 0.534. The molecule has 4 rings (SSSR count). The van der Waals surface area contributed by atoms with Crippen molar-refractivity contribution in [2.24, 2.45) is 0 Å². The van der Waals surface area contributed by atoms with E-state index in [1.54, 1.807) is 25.2 Å². The molecule has 0 spiro atoms. The third kappa shape index (κ3) is 4.50. The number of hydrogen-bond donors (Lipinski definition) is 0. The Labute approximate surface area is 188 Å². The number of ether oxygens (including phenoxy) is 2. The van der Waals surface area contributed by atoms with Crippen LogP contribution in [-0.4, -0.2) is 41.7 Å². The minimum atomic E-state index is -4.42. The first-order valence-electron chi connectivity index (χ1n) is 10.2. The molecule has 0 N–H and O–H groups in total. The van der Waals surface area contributed by atoms with Crippen LogP contribution in [0.3, 0.4) is 0 Å². The van der Waals surface area contributed by atoms with E-state index < -0.39 is 11.7 Å². The van der Waals surface area contributed by atoms with Crippen LogP contribution < -0.4 is 9.47 Å². The predicted octanol–water partition coefficient (Wildman–Crippen LogP) is 4.85. The number of carbonyl (C=O) groups is 1. The summed E-state index contributed by atoms with van der Waals surface area (Å²) >= 11 is 0. The topological polar surface area (TPSA) is 77.7 Å². The highest BCUT2D eigenvalue weighted by Crippen LogP contribution is 2.37. The van der Waals surface area contributed by atoms with Crippen LogP contribution >= 0.6 is 0 Å². The van der Waals surface area contributed by atoms with Crippen LogP contribution in [0.5, 0.6) is 11.5 Å². The van der Waals surface area contributed by atoms with Crippen LogP contribution in [0.15, 0.2) is 47.0 Å². The predicted molar refractivity (Wildman–Crippen MR) is 112 cm³/mol. The molecule has 1 saturated heterocycles. The van der Waals surface area contributed by atoms with Gasteiger partial charge in [0.1, 0.15) is 0 Å². The van der Waals surface area contributed by atoms with Gasteiger partial charge in [-0.15, -0.1) is 0 Å². The second-order valence-electron chi connectivity index (χ2n) is 7.77. The Morgan fingerprint density at radius 3 is 2.42 bits per heavy atom. The molecule has 0 saturated carbocycles. The summed E-state index contributed by atoms with van der Waals surface area (Å²) in [4.78, 5) is 18.8. The average molecular weight is 461 g/mol. The van der Waals surface area contributed by atoms with E-state index in [-0.39, 0.29) is 36.0 Å². The SMILES string of the molecule is COc1ccc(C(C)N2CC(c3nc(-c4ccc(C(F)(F)F)cc4)no3)CC2=O)cc1OC. The fourth-order valence-electron chi connectivity index (χ4n) is 3.89. The molecular weight excluding hydrogens is 439 g/mol. The van der Waals surface area contributed by atoms with E-state index >= 15 is 0 Å². The van der Waals surface area contributed by atoms with E-state index in [0.29, 0.717) is 23.6 Å². The molecule has 10 heteroatoms. The van der Waals surface area contributed by atoms with Gasteiger partial charge in [-0.25, -0.2) is 0 Å². The summed E-state index contributed by atoms with van der Waals surface area (Å²) < 4.78 is 54.3. The normalized spacial score (nSPS) is 17.3. The molecule has 1 fully saturated rings. The van der Waals surface area contributed by atoms with Crippen LogP contribution in [-0.2, 0) is 11.0 Å². The number of hydrogen-bond acceptors (Lipinski definition) is 6. The Balaban J connectivity index is 1.49. The Kier molecular flexibility index (Phi) is 6.01. The van der Waals surface area contributed by atoms with Gasteiger partial charge in [0.2, 0.25) is 17.6 Å². The van der Waals surface area contributed by atoms with Crippen molar-refractivity contribution in [1.29, 1.82) is 0 Å². The van der Waals surface area contributed by atoms with Crippen LogP contribution in [0.2, 0.25) is 0 Å². The summed E-state index contributed by atoms with van der Waals surface area (Å²) in [7, 11) is 3.10. The maximum atomic E-state index is 12.8. The number of likely N-dealkylation sites (tertiary alicyclic amines) is 1. The molecule has 2 heterocycles. The van der Waals surface area contributed by atoms with Crippen LogP contribution in [0.25, 0.3) is 11.4 Å². The number of halogens is 3. The second-order valence-corrected chi connectivity index (χ2v) is 7.77. The molecule has 2 aromatic carbocycles. The molecule has 1 aliphatic rings. The van der Waals surface area contributed by atoms with Crippen LogP contribution in [0.1, 0.15) is 42.3 Å². The summed E-state index contributed by atoms with van der Waals surface area (Å²) in [5, 5.41) is 3.89. The molecule has 7 nitrogen and oxygen atoms in total. The summed E-state index contributed by atoms with van der Waals surface area (Å²) in [6.45, 7) is 2.30. The molecule has 0 radical (unpaired) electrons. The summed E-state index contributed by atoms with van der Waals surface area (Å²) in [5.74, 6) is 1.26. The molecule has 33 heavy (non-hydrogen) atoms. The number of nitrogens with zero attached hydrogens (tertiary/aromatic N) is 3. The minimum absolute atomic E-state index is 0.0587. The molecule has 1 amide bonds. The second kappa shape index (κ2) is 8.76. The highest BCUT2D eigenvalue weighted by Gasteiger charge is 2.37. The first-order chi connectivity index (χ1) is 15.7. The maximum Gasteiger partial charge on any atom is 0.416 e. The molecular formula is C23H22F3N3O4. The quantitative estimate of drug-likeness (QED) is 0.522. The number of rotatable bonds is 6. The zero-order valence-corrected chi connectivity index (χ0v) is 18.2. The van der Waals surface area contributed by atoms with Gasteiger partial charge in [0.05, 0.1) is 31.7 Å². The van der Waals surface area contributed by atoms with Gasteiger partial charge in [0.25, 0.3) is 0 Å². The zero-order chi connectivity index (χ0) is 23.8. The molecule has 1 aliphatic heterocycles. The number of benzene rings is 2. The van der Waals surface area contributed by atoms with E-state index in [1.165, 1.54) is 12.1 Å². The van der Waals surface area contributed by atoms with Gasteiger partial charge in [0, 0.05) is 18.5 Å². The fourth-order valence-corrected chi connectivity index (χ4v) is 3.89. The first-order valence-corrected chi connectivity index (χ1v) is 10.2. The van der Waals surface area contributed by atoms with Gasteiger partial charge >= 0.3 is 6.18 Å². The number of alkyl halides is 3. The lowest BCUT2D eigenvalue weighted by Crippen LogP contribution is -2.28. The van der Waals surface area contributed by atoms with Gasteiger partial charge in [-0.1, -0.05) is 23.4 Å². The van der Waals surface area contributed by atoms with Gasteiger partial charge in [-0.05, 0) is 36.8 Å². The largest absolute Gasteiger partial charge is 0.493 e. The lowest BCUT2D eigenvalue weighted by molar-refractivity contribution is -0.137. The van der Waals surface area contributed by atoms with Crippen molar-refractivity contribution in [3.63, 3.8) is 0 Å². The van der Waals surface area contributed by atoms with E-state index in [0.717, 1.165) is 17.7 Å². The Hall–Kier alpha value is -3.56. The standard InChI is InChI=1S/C23H22F3N3O4/c1-13(15-6-9-18(31-2)19(10-15)32-3)29-12-16(11-20(29)30)22-27-21(28-33-22)14-4-7-17(8-5-14)23(24,25)26/h4-10,13,16H,11-12H2,1-3H3. The van der Waals surface area contributed by atoms with E-state index in [1.807, 2.05) is 19.1 Å². The van der Waals surface area contributed by atoms with E-state index in [2.05, 4.69) is 10.1 Å². The lowest BCUT2D eigenvalue weighted by atomic mass is 10.1. The third-order valence-electron chi connectivity index (χ3n) is 5.78. The molecule has 2 atom stereocenters. The van der Waals surface area contributed by atoms with E-state index in [9.17, 15) is 18.0 Å².